The van der Waals surface area contributed by atoms with E-state index in [0.717, 1.165) is 34.6 Å². The lowest BCUT2D eigenvalue weighted by Crippen LogP contribution is -2.33. The SMILES string of the molecule is Cc1nc2c(c(C)c1CNC(=O)c1cc(=O)[nH]c3c1CNCC3)c(=O)[nH]n2C.O=C(O)C(F)(F)F. The summed E-state index contributed by atoms with van der Waals surface area (Å²) in [5, 5.41) is 16.5. The standard InChI is InChI=1S/C19H22N6O3.C2HF3O2/c1-9-12(10(2)22-17-16(9)19(28)24-25(17)3)8-21-18(27)11-6-15(26)23-14-4-5-20-7-13(11)14;3-2(4,5)1(6)7/h6,20H,4-5,7-8H2,1-3H3,(H,21,27)(H,23,26)(H,24,28);(H,6,7). The molecule has 4 heterocycles. The third kappa shape index (κ3) is 5.42. The second-order valence-corrected chi connectivity index (χ2v) is 7.92. The van der Waals surface area contributed by atoms with Crippen molar-refractivity contribution in [3.8, 4) is 0 Å². The lowest BCUT2D eigenvalue weighted by atomic mass is 10.0. The number of carboxylic acids is 1. The van der Waals surface area contributed by atoms with E-state index < -0.39 is 12.1 Å². The van der Waals surface area contributed by atoms with Crippen molar-refractivity contribution in [3.63, 3.8) is 0 Å². The molecule has 0 atom stereocenters. The monoisotopic (exact) mass is 496 g/mol. The highest BCUT2D eigenvalue weighted by atomic mass is 19.4. The van der Waals surface area contributed by atoms with Crippen LogP contribution in [-0.4, -0.2) is 49.5 Å². The lowest BCUT2D eigenvalue weighted by molar-refractivity contribution is -0.192. The van der Waals surface area contributed by atoms with E-state index in [0.29, 0.717) is 29.6 Å². The Balaban J connectivity index is 0.000000429. The average Bonchev–Trinajstić information content (AvgIpc) is 3.05. The van der Waals surface area contributed by atoms with E-state index in [1.807, 2.05) is 13.8 Å². The first kappa shape index (κ1) is 25.7. The predicted molar refractivity (Wildman–Crippen MR) is 118 cm³/mol. The summed E-state index contributed by atoms with van der Waals surface area (Å²) in [6.07, 6.45) is -4.40. The molecule has 0 aliphatic carbocycles. The molecule has 0 saturated carbocycles. The van der Waals surface area contributed by atoms with Crippen molar-refractivity contribution >= 4 is 22.9 Å². The number of rotatable bonds is 3. The lowest BCUT2D eigenvalue weighted by Gasteiger charge is -2.19. The first-order valence-corrected chi connectivity index (χ1v) is 10.4. The van der Waals surface area contributed by atoms with Gasteiger partial charge < -0.3 is 20.7 Å². The number of nitrogens with zero attached hydrogens (tertiary/aromatic N) is 2. The molecule has 14 heteroatoms. The van der Waals surface area contributed by atoms with Crippen molar-refractivity contribution < 1.29 is 27.9 Å². The van der Waals surface area contributed by atoms with E-state index >= 15 is 0 Å². The number of hydrogen-bond acceptors (Lipinski definition) is 6. The molecule has 0 aromatic carbocycles. The highest BCUT2D eigenvalue weighted by molar-refractivity contribution is 5.96. The maximum absolute atomic E-state index is 12.8. The maximum atomic E-state index is 12.8. The number of pyridine rings is 2. The molecule has 4 rings (SSSR count). The molecule has 1 aliphatic heterocycles. The molecule has 1 aliphatic rings. The molecule has 0 radical (unpaired) electrons. The number of hydrogen-bond donors (Lipinski definition) is 5. The molecular formula is C21H23F3N6O5. The zero-order chi connectivity index (χ0) is 26.1. The quantitative estimate of drug-likeness (QED) is 0.358. The van der Waals surface area contributed by atoms with Crippen molar-refractivity contribution in [1.82, 2.24) is 30.4 Å². The maximum Gasteiger partial charge on any atom is 0.490 e. The summed E-state index contributed by atoms with van der Waals surface area (Å²) >= 11 is 0. The molecule has 3 aromatic rings. The van der Waals surface area contributed by atoms with E-state index in [1.54, 1.807) is 11.7 Å². The van der Waals surface area contributed by atoms with Crippen LogP contribution in [0.15, 0.2) is 15.7 Å². The zero-order valence-electron chi connectivity index (χ0n) is 19.0. The topological polar surface area (TPSA) is 162 Å². The van der Waals surface area contributed by atoms with Gasteiger partial charge in [-0.05, 0) is 30.5 Å². The molecule has 5 N–H and O–H groups in total. The molecule has 0 fully saturated rings. The molecule has 35 heavy (non-hydrogen) atoms. The molecule has 1 amide bonds. The minimum Gasteiger partial charge on any atom is -0.475 e. The first-order chi connectivity index (χ1) is 16.3. The number of fused-ring (bicyclic) bond motifs is 2. The van der Waals surface area contributed by atoms with E-state index in [2.05, 4.69) is 25.7 Å². The highest BCUT2D eigenvalue weighted by Crippen LogP contribution is 2.20. The van der Waals surface area contributed by atoms with Gasteiger partial charge in [0.1, 0.15) is 0 Å². The summed E-state index contributed by atoms with van der Waals surface area (Å²) in [5.41, 5.74) is 4.45. The van der Waals surface area contributed by atoms with Crippen LogP contribution in [0.2, 0.25) is 0 Å². The minimum absolute atomic E-state index is 0.204. The summed E-state index contributed by atoms with van der Waals surface area (Å²) < 4.78 is 33.3. The Morgan fingerprint density at radius 3 is 2.54 bits per heavy atom. The fraction of sp³-hybridized carbons (Fsp3) is 0.381. The number of carbonyl (C=O) groups excluding carboxylic acids is 1. The molecule has 188 valence electrons. The van der Waals surface area contributed by atoms with E-state index in [-0.39, 0.29) is 23.6 Å². The smallest absolute Gasteiger partial charge is 0.475 e. The number of alkyl halides is 3. The third-order valence-corrected chi connectivity index (χ3v) is 5.58. The molecule has 0 bridgehead atoms. The van der Waals surface area contributed by atoms with Gasteiger partial charge in [-0.25, -0.2) is 9.78 Å². The van der Waals surface area contributed by atoms with Crippen LogP contribution < -0.4 is 21.8 Å². The number of halogens is 3. The van der Waals surface area contributed by atoms with E-state index in [1.165, 1.54) is 6.07 Å². The van der Waals surface area contributed by atoms with Crippen LogP contribution in [0.5, 0.6) is 0 Å². The second-order valence-electron chi connectivity index (χ2n) is 7.92. The van der Waals surface area contributed by atoms with Gasteiger partial charge in [-0.15, -0.1) is 0 Å². The number of aliphatic carboxylic acids is 1. The zero-order valence-corrected chi connectivity index (χ0v) is 19.0. The van der Waals surface area contributed by atoms with Crippen molar-refractivity contribution in [2.45, 2.75) is 39.5 Å². The number of carboxylic acid groups (broad SMARTS) is 1. The van der Waals surface area contributed by atoms with Gasteiger partial charge in [-0.1, -0.05) is 0 Å². The van der Waals surface area contributed by atoms with Crippen LogP contribution >= 0.6 is 0 Å². The van der Waals surface area contributed by atoms with Gasteiger partial charge in [-0.2, -0.15) is 13.2 Å². The Hall–Kier alpha value is -3.94. The van der Waals surface area contributed by atoms with Gasteiger partial charge in [0.15, 0.2) is 5.65 Å². The molecule has 3 aromatic heterocycles. The average molecular weight is 496 g/mol. The largest absolute Gasteiger partial charge is 0.490 e. The molecule has 0 spiro atoms. The molecular weight excluding hydrogens is 473 g/mol. The summed E-state index contributed by atoms with van der Waals surface area (Å²) in [4.78, 5) is 53.2. The van der Waals surface area contributed by atoms with Gasteiger partial charge in [0.05, 0.1) is 10.9 Å². The Morgan fingerprint density at radius 2 is 1.91 bits per heavy atom. The normalized spacial score (nSPS) is 13.1. The summed E-state index contributed by atoms with van der Waals surface area (Å²) in [6, 6.07) is 1.34. The van der Waals surface area contributed by atoms with Crippen LogP contribution in [0.1, 0.15) is 38.4 Å². The fourth-order valence-corrected chi connectivity index (χ4v) is 3.86. The first-order valence-electron chi connectivity index (χ1n) is 10.4. The third-order valence-electron chi connectivity index (χ3n) is 5.58. The number of aromatic nitrogens is 4. The van der Waals surface area contributed by atoms with Crippen LogP contribution in [0.4, 0.5) is 13.2 Å². The number of nitrogens with one attached hydrogen (secondary N) is 4. The number of aromatic amines is 2. The van der Waals surface area contributed by atoms with Gasteiger partial charge >= 0.3 is 12.1 Å². The summed E-state index contributed by atoms with van der Waals surface area (Å²) in [6.45, 7) is 5.24. The van der Waals surface area contributed by atoms with Crippen LogP contribution in [0, 0.1) is 13.8 Å². The van der Waals surface area contributed by atoms with Crippen molar-refractivity contribution in [2.75, 3.05) is 6.54 Å². The number of carbonyl (C=O) groups is 2. The number of aryl methyl sites for hydroxylation is 3. The van der Waals surface area contributed by atoms with Crippen LogP contribution in [0.25, 0.3) is 11.0 Å². The van der Waals surface area contributed by atoms with E-state index in [9.17, 15) is 27.6 Å². The fourth-order valence-electron chi connectivity index (χ4n) is 3.86. The van der Waals surface area contributed by atoms with Crippen molar-refractivity contribution in [3.05, 3.63) is 60.4 Å². The summed E-state index contributed by atoms with van der Waals surface area (Å²) in [7, 11) is 1.74. The minimum atomic E-state index is -5.08. The van der Waals surface area contributed by atoms with Gasteiger partial charge in [0.2, 0.25) is 5.56 Å². The van der Waals surface area contributed by atoms with Crippen molar-refractivity contribution in [2.24, 2.45) is 7.05 Å². The highest BCUT2D eigenvalue weighted by Gasteiger charge is 2.38. The Morgan fingerprint density at radius 1 is 1.26 bits per heavy atom. The van der Waals surface area contributed by atoms with E-state index in [4.69, 9.17) is 9.90 Å². The van der Waals surface area contributed by atoms with Crippen LogP contribution in [0.3, 0.4) is 0 Å². The predicted octanol–water partition coefficient (Wildman–Crippen LogP) is 0.776. The Bertz CT molecular complexity index is 1420. The van der Waals surface area contributed by atoms with Crippen molar-refractivity contribution in [1.29, 1.82) is 0 Å². The Kier molecular flexibility index (Phi) is 7.14. The number of H-pyrrole nitrogens is 2. The summed E-state index contributed by atoms with van der Waals surface area (Å²) in [5.74, 6) is -3.07. The number of amides is 1. The second kappa shape index (κ2) is 9.74. The van der Waals surface area contributed by atoms with Gasteiger partial charge in [0, 0.05) is 50.6 Å². The molecule has 0 unspecified atom stereocenters. The van der Waals surface area contributed by atoms with Gasteiger partial charge in [-0.3, -0.25) is 24.2 Å². The Labute approximate surface area is 195 Å². The van der Waals surface area contributed by atoms with Gasteiger partial charge in [0.25, 0.3) is 11.5 Å². The van der Waals surface area contributed by atoms with Crippen LogP contribution in [-0.2, 0) is 31.4 Å². The molecule has 11 nitrogen and oxygen atoms in total. The molecule has 0 saturated heterocycles.